The molecule has 3 rings (SSSR count). The third-order valence-corrected chi connectivity index (χ3v) is 5.83. The Balaban J connectivity index is 1.66. The summed E-state index contributed by atoms with van der Waals surface area (Å²) in [5.41, 5.74) is -3.66. The average Bonchev–Trinajstić information content (AvgIpc) is 2.94. The smallest absolute Gasteiger partial charge is 0.416 e. The van der Waals surface area contributed by atoms with Crippen LogP contribution in [0.25, 0.3) is 0 Å². The lowest BCUT2D eigenvalue weighted by atomic mass is 10.1. The number of halogens is 9. The van der Waals surface area contributed by atoms with E-state index < -0.39 is 66.3 Å². The molecule has 3 aromatic rings. The second kappa shape index (κ2) is 13.2. The van der Waals surface area contributed by atoms with E-state index >= 15 is 0 Å². The molecule has 6 nitrogen and oxygen atoms in total. The van der Waals surface area contributed by atoms with Crippen LogP contribution in [0.5, 0.6) is 0 Å². The Bertz CT molecular complexity index is 1340. The van der Waals surface area contributed by atoms with Crippen LogP contribution in [0.4, 0.5) is 39.5 Å². The molecule has 0 saturated heterocycles. The van der Waals surface area contributed by atoms with Gasteiger partial charge in [-0.15, -0.1) is 0 Å². The third kappa shape index (κ3) is 9.21. The third-order valence-electron chi connectivity index (χ3n) is 5.83. The molecule has 1 amide bonds. The number of benzene rings is 3. The Labute approximate surface area is 237 Å². The summed E-state index contributed by atoms with van der Waals surface area (Å²) in [6.07, 6.45) is -13.9. The lowest BCUT2D eigenvalue weighted by Gasteiger charge is -2.23. The molecule has 0 aromatic heterocycles. The van der Waals surface area contributed by atoms with Crippen molar-refractivity contribution in [2.45, 2.75) is 18.5 Å². The number of ether oxygens (including phenoxy) is 2. The topological polar surface area (TPSA) is 72.9 Å². The standard InChI is InChI=1S/C28H20F9NO5/c29-26(30,31)20-7-1-17(2-8-20)23(39)38(13-15-42-24(40)18-3-9-21(10-4-18)27(32,33)34)14-16-43-25(41)19-5-11-22(12-6-19)28(35,36)37/h1-12H,13-16H2. The zero-order valence-electron chi connectivity index (χ0n) is 21.6. The SMILES string of the molecule is O=C(OCCN(CCOC(=O)c1ccc(C(F)(F)F)cc1)C(=O)c1ccc(C(F)(F)F)cc1)c1ccc(C(F)(F)F)cc1. The van der Waals surface area contributed by atoms with Gasteiger partial charge >= 0.3 is 30.5 Å². The largest absolute Gasteiger partial charge is 0.460 e. The molecule has 0 N–H and O–H groups in total. The summed E-state index contributed by atoms with van der Waals surface area (Å²) in [5.74, 6) is -2.89. The van der Waals surface area contributed by atoms with Crippen molar-refractivity contribution in [3.63, 3.8) is 0 Å². The zero-order valence-corrected chi connectivity index (χ0v) is 21.6. The van der Waals surface area contributed by atoms with Crippen molar-refractivity contribution in [3.8, 4) is 0 Å². The Morgan fingerprint density at radius 3 is 1.05 bits per heavy atom. The minimum absolute atomic E-state index is 0.198. The molecule has 0 aliphatic heterocycles. The molecule has 0 atom stereocenters. The highest BCUT2D eigenvalue weighted by molar-refractivity contribution is 5.94. The maximum absolute atomic E-state index is 13.0. The van der Waals surface area contributed by atoms with E-state index in [1.165, 1.54) is 0 Å². The van der Waals surface area contributed by atoms with E-state index in [4.69, 9.17) is 9.47 Å². The van der Waals surface area contributed by atoms with Gasteiger partial charge in [-0.2, -0.15) is 39.5 Å². The van der Waals surface area contributed by atoms with Crippen LogP contribution in [0.1, 0.15) is 47.8 Å². The van der Waals surface area contributed by atoms with E-state index in [9.17, 15) is 53.9 Å². The lowest BCUT2D eigenvalue weighted by molar-refractivity contribution is -0.138. The molecule has 0 radical (unpaired) electrons. The first-order valence-electron chi connectivity index (χ1n) is 12.1. The predicted octanol–water partition coefficient (Wildman–Crippen LogP) is 6.90. The monoisotopic (exact) mass is 621 g/mol. The van der Waals surface area contributed by atoms with Crippen LogP contribution in [0.15, 0.2) is 72.8 Å². The van der Waals surface area contributed by atoms with Gasteiger partial charge in [-0.05, 0) is 72.8 Å². The van der Waals surface area contributed by atoms with Crippen molar-refractivity contribution in [2.75, 3.05) is 26.3 Å². The number of hydrogen-bond donors (Lipinski definition) is 0. The summed E-state index contributed by atoms with van der Waals surface area (Å²) in [6.45, 7) is -1.74. The van der Waals surface area contributed by atoms with E-state index in [0.29, 0.717) is 36.4 Å². The van der Waals surface area contributed by atoms with Crippen LogP contribution >= 0.6 is 0 Å². The molecule has 0 aliphatic carbocycles. The van der Waals surface area contributed by atoms with Gasteiger partial charge in [0.15, 0.2) is 0 Å². The number of alkyl halides is 9. The summed E-state index contributed by atoms with van der Waals surface area (Å²) in [7, 11) is 0. The van der Waals surface area contributed by atoms with Gasteiger partial charge in [0, 0.05) is 5.56 Å². The van der Waals surface area contributed by atoms with Crippen LogP contribution in [-0.4, -0.2) is 49.0 Å². The molecule has 0 saturated carbocycles. The fraction of sp³-hybridized carbons (Fsp3) is 0.250. The first-order valence-corrected chi connectivity index (χ1v) is 12.1. The van der Waals surface area contributed by atoms with Gasteiger partial charge in [0.1, 0.15) is 13.2 Å². The van der Waals surface area contributed by atoms with Crippen LogP contribution in [0, 0.1) is 0 Å². The molecule has 43 heavy (non-hydrogen) atoms. The first-order chi connectivity index (χ1) is 20.0. The van der Waals surface area contributed by atoms with E-state index in [0.717, 1.165) is 41.3 Å². The van der Waals surface area contributed by atoms with Crippen LogP contribution in [0.2, 0.25) is 0 Å². The molecule has 0 heterocycles. The van der Waals surface area contributed by atoms with Crippen molar-refractivity contribution >= 4 is 17.8 Å². The highest BCUT2D eigenvalue weighted by Gasteiger charge is 2.32. The molecule has 3 aromatic carbocycles. The molecule has 230 valence electrons. The fourth-order valence-corrected chi connectivity index (χ4v) is 3.55. The summed E-state index contributed by atoms with van der Waals surface area (Å²) >= 11 is 0. The van der Waals surface area contributed by atoms with Gasteiger partial charge in [0.25, 0.3) is 5.91 Å². The number of carbonyl (C=O) groups excluding carboxylic acids is 3. The molecule has 15 heteroatoms. The van der Waals surface area contributed by atoms with Crippen LogP contribution < -0.4 is 0 Å². The number of carbonyl (C=O) groups is 3. The number of nitrogens with zero attached hydrogens (tertiary/aromatic N) is 1. The Morgan fingerprint density at radius 1 is 0.488 bits per heavy atom. The second-order valence-corrected chi connectivity index (χ2v) is 8.79. The predicted molar refractivity (Wildman–Crippen MR) is 131 cm³/mol. The minimum Gasteiger partial charge on any atom is -0.460 e. The molecule has 0 bridgehead atoms. The van der Waals surface area contributed by atoms with Crippen LogP contribution in [0.3, 0.4) is 0 Å². The van der Waals surface area contributed by atoms with Gasteiger partial charge in [-0.25, -0.2) is 9.59 Å². The van der Waals surface area contributed by atoms with Crippen molar-refractivity contribution < 1.29 is 63.4 Å². The summed E-state index contributed by atoms with van der Waals surface area (Å²) in [5, 5.41) is 0. The van der Waals surface area contributed by atoms with Gasteiger partial charge in [0.2, 0.25) is 0 Å². The van der Waals surface area contributed by atoms with Crippen molar-refractivity contribution in [3.05, 3.63) is 106 Å². The average molecular weight is 621 g/mol. The Hall–Kier alpha value is -4.56. The normalized spacial score (nSPS) is 12.0. The molecule has 0 aliphatic rings. The van der Waals surface area contributed by atoms with Gasteiger partial charge < -0.3 is 14.4 Å². The zero-order chi connectivity index (χ0) is 32.0. The van der Waals surface area contributed by atoms with E-state index in [1.54, 1.807) is 0 Å². The molecule has 0 fully saturated rings. The molecular formula is C28H20F9NO5. The van der Waals surface area contributed by atoms with Gasteiger partial charge in [-0.1, -0.05) is 0 Å². The summed E-state index contributed by atoms with van der Waals surface area (Å²) in [6, 6.07) is 9.36. The summed E-state index contributed by atoms with van der Waals surface area (Å²) < 4.78 is 125. The Morgan fingerprint density at radius 2 is 0.767 bits per heavy atom. The first kappa shape index (κ1) is 32.9. The van der Waals surface area contributed by atoms with Crippen molar-refractivity contribution in [2.24, 2.45) is 0 Å². The second-order valence-electron chi connectivity index (χ2n) is 8.79. The van der Waals surface area contributed by atoms with E-state index in [-0.39, 0.29) is 29.8 Å². The van der Waals surface area contributed by atoms with Crippen LogP contribution in [-0.2, 0) is 28.0 Å². The van der Waals surface area contributed by atoms with E-state index in [1.807, 2.05) is 0 Å². The fourth-order valence-electron chi connectivity index (χ4n) is 3.55. The maximum atomic E-state index is 13.0. The van der Waals surface area contributed by atoms with Crippen molar-refractivity contribution in [1.82, 2.24) is 4.90 Å². The highest BCUT2D eigenvalue weighted by Crippen LogP contribution is 2.31. The molecule has 0 unspecified atom stereocenters. The van der Waals surface area contributed by atoms with E-state index in [2.05, 4.69) is 0 Å². The number of rotatable bonds is 9. The molecular weight excluding hydrogens is 601 g/mol. The highest BCUT2D eigenvalue weighted by atomic mass is 19.4. The maximum Gasteiger partial charge on any atom is 0.416 e. The number of amides is 1. The van der Waals surface area contributed by atoms with Crippen molar-refractivity contribution in [1.29, 1.82) is 0 Å². The quantitative estimate of drug-likeness (QED) is 0.192. The van der Waals surface area contributed by atoms with Gasteiger partial charge in [-0.3, -0.25) is 4.79 Å². The molecule has 0 spiro atoms. The Kier molecular flexibility index (Phi) is 10.1. The minimum atomic E-state index is -4.67. The lowest BCUT2D eigenvalue weighted by Crippen LogP contribution is -2.37. The summed E-state index contributed by atoms with van der Waals surface area (Å²) in [4.78, 5) is 38.5. The number of hydrogen-bond acceptors (Lipinski definition) is 5. The van der Waals surface area contributed by atoms with Gasteiger partial charge in [0.05, 0.1) is 40.9 Å². The number of esters is 2.